The highest BCUT2D eigenvalue weighted by Gasteiger charge is 2.49. The van der Waals surface area contributed by atoms with Gasteiger partial charge in [-0.3, -0.25) is 4.90 Å². The molecule has 96 valence electrons. The molecular weight excluding hydrogens is 241 g/mol. The van der Waals surface area contributed by atoms with Crippen LogP contribution in [0.25, 0.3) is 0 Å². The number of aliphatic carboxylic acids is 1. The molecule has 1 fully saturated rings. The van der Waals surface area contributed by atoms with Crippen LogP contribution in [0, 0.1) is 5.82 Å². The third-order valence-corrected chi connectivity index (χ3v) is 2.98. The van der Waals surface area contributed by atoms with E-state index >= 15 is 0 Å². The molecule has 1 aliphatic heterocycles. The lowest BCUT2D eigenvalue weighted by Crippen LogP contribution is -2.50. The number of hydrogen-bond acceptors (Lipinski definition) is 3. The van der Waals surface area contributed by atoms with E-state index in [-0.39, 0.29) is 13.2 Å². The Morgan fingerprint density at radius 2 is 2.33 bits per heavy atom. The van der Waals surface area contributed by atoms with Crippen molar-refractivity contribution in [2.24, 2.45) is 0 Å². The van der Waals surface area contributed by atoms with Gasteiger partial charge in [0.1, 0.15) is 12.4 Å². The maximum atomic E-state index is 13.0. The van der Waals surface area contributed by atoms with Crippen molar-refractivity contribution in [3.63, 3.8) is 0 Å². The molecule has 5 nitrogen and oxygen atoms in total. The minimum atomic E-state index is -1.41. The second-order valence-electron chi connectivity index (χ2n) is 4.35. The average Bonchev–Trinajstić information content (AvgIpc) is 2.59. The largest absolute Gasteiger partial charge is 0.479 e. The second kappa shape index (κ2) is 4.29. The molecule has 1 aromatic carbocycles. The van der Waals surface area contributed by atoms with Crippen LogP contribution >= 0.6 is 0 Å². The normalized spacial score (nSPS) is 23.0. The number of carbonyl (C=O) groups excluding carboxylic acids is 1. The van der Waals surface area contributed by atoms with Gasteiger partial charge in [-0.2, -0.15) is 0 Å². The van der Waals surface area contributed by atoms with E-state index in [2.05, 4.69) is 0 Å². The number of amides is 1. The quantitative estimate of drug-likeness (QED) is 0.888. The van der Waals surface area contributed by atoms with Gasteiger partial charge in [0, 0.05) is 0 Å². The highest BCUT2D eigenvalue weighted by atomic mass is 19.1. The topological polar surface area (TPSA) is 66.8 Å². The maximum absolute atomic E-state index is 13.0. The van der Waals surface area contributed by atoms with E-state index in [0.717, 1.165) is 4.90 Å². The van der Waals surface area contributed by atoms with Crippen molar-refractivity contribution in [2.45, 2.75) is 19.0 Å². The van der Waals surface area contributed by atoms with Gasteiger partial charge in [-0.25, -0.2) is 14.0 Å². The van der Waals surface area contributed by atoms with E-state index in [0.29, 0.717) is 5.56 Å². The predicted octanol–water partition coefficient (Wildman–Crippen LogP) is 1.62. The molecule has 0 aliphatic carbocycles. The second-order valence-corrected chi connectivity index (χ2v) is 4.35. The minimum Gasteiger partial charge on any atom is -0.479 e. The van der Waals surface area contributed by atoms with E-state index in [1.165, 1.54) is 25.1 Å². The summed E-state index contributed by atoms with van der Waals surface area (Å²) in [6, 6.07) is 5.66. The first-order chi connectivity index (χ1) is 8.43. The molecule has 0 saturated carbocycles. The molecule has 1 unspecified atom stereocenters. The molecule has 1 atom stereocenters. The Morgan fingerprint density at radius 1 is 1.61 bits per heavy atom. The Morgan fingerprint density at radius 3 is 2.94 bits per heavy atom. The number of carbonyl (C=O) groups is 2. The number of hydrogen-bond donors (Lipinski definition) is 1. The summed E-state index contributed by atoms with van der Waals surface area (Å²) < 4.78 is 17.8. The summed E-state index contributed by atoms with van der Waals surface area (Å²) in [6.45, 7) is 1.19. The predicted molar refractivity (Wildman–Crippen MR) is 59.3 cm³/mol. The van der Waals surface area contributed by atoms with Crippen LogP contribution in [0.4, 0.5) is 9.18 Å². The Kier molecular flexibility index (Phi) is 2.94. The summed E-state index contributed by atoms with van der Waals surface area (Å²) in [5.41, 5.74) is -0.898. The summed E-state index contributed by atoms with van der Waals surface area (Å²) in [5.74, 6) is -1.58. The van der Waals surface area contributed by atoms with Gasteiger partial charge >= 0.3 is 12.1 Å². The summed E-state index contributed by atoms with van der Waals surface area (Å²) in [7, 11) is 0. The first-order valence-corrected chi connectivity index (χ1v) is 5.36. The molecule has 0 bridgehead atoms. The third kappa shape index (κ3) is 2.01. The molecule has 0 spiro atoms. The number of cyclic esters (lactones) is 1. The smallest absolute Gasteiger partial charge is 0.411 e. The molecule has 1 aliphatic rings. The van der Waals surface area contributed by atoms with Gasteiger partial charge < -0.3 is 9.84 Å². The van der Waals surface area contributed by atoms with Crippen molar-refractivity contribution in [3.8, 4) is 0 Å². The standard InChI is InChI=1S/C12H12FNO4/c1-12(10(15)16)7-18-11(17)14(12)6-8-3-2-4-9(13)5-8/h2-5H,6-7H2,1H3,(H,15,16). The molecule has 1 saturated heterocycles. The van der Waals surface area contributed by atoms with E-state index in [1.54, 1.807) is 6.07 Å². The molecule has 18 heavy (non-hydrogen) atoms. The van der Waals surface area contributed by atoms with E-state index in [1.807, 2.05) is 0 Å². The lowest BCUT2D eigenvalue weighted by atomic mass is 10.0. The molecule has 0 aromatic heterocycles. The monoisotopic (exact) mass is 253 g/mol. The maximum Gasteiger partial charge on any atom is 0.411 e. The average molecular weight is 253 g/mol. The number of halogens is 1. The summed E-state index contributed by atoms with van der Waals surface area (Å²) >= 11 is 0. The number of carboxylic acids is 1. The molecule has 2 rings (SSSR count). The number of ether oxygens (including phenoxy) is 1. The zero-order valence-corrected chi connectivity index (χ0v) is 9.72. The molecule has 1 heterocycles. The van der Waals surface area contributed by atoms with E-state index in [4.69, 9.17) is 9.84 Å². The molecule has 6 heteroatoms. The highest BCUT2D eigenvalue weighted by molar-refractivity contribution is 5.86. The van der Waals surface area contributed by atoms with Gasteiger partial charge in [-0.15, -0.1) is 0 Å². The molecule has 1 N–H and O–H groups in total. The van der Waals surface area contributed by atoms with Crippen molar-refractivity contribution < 1.29 is 23.8 Å². The van der Waals surface area contributed by atoms with Gasteiger partial charge in [0.25, 0.3) is 0 Å². The minimum absolute atomic E-state index is 0.000602. The number of nitrogens with zero attached hydrogens (tertiary/aromatic N) is 1. The van der Waals surface area contributed by atoms with Crippen LogP contribution in [0.15, 0.2) is 24.3 Å². The lowest BCUT2D eigenvalue weighted by molar-refractivity contribution is -0.147. The van der Waals surface area contributed by atoms with Gasteiger partial charge in [0.05, 0.1) is 6.54 Å². The van der Waals surface area contributed by atoms with Crippen LogP contribution in [-0.4, -0.2) is 34.2 Å². The summed E-state index contributed by atoms with van der Waals surface area (Å²) in [5, 5.41) is 9.15. The lowest BCUT2D eigenvalue weighted by Gasteiger charge is -2.27. The number of carboxylic acid groups (broad SMARTS) is 1. The van der Waals surface area contributed by atoms with Crippen LogP contribution in [0.5, 0.6) is 0 Å². The van der Waals surface area contributed by atoms with Gasteiger partial charge in [0.15, 0.2) is 5.54 Å². The van der Waals surface area contributed by atoms with Crippen LogP contribution in [0.1, 0.15) is 12.5 Å². The number of benzene rings is 1. The Balaban J connectivity index is 2.26. The fraction of sp³-hybridized carbons (Fsp3) is 0.333. The zero-order chi connectivity index (χ0) is 13.3. The van der Waals surface area contributed by atoms with E-state index in [9.17, 15) is 14.0 Å². The van der Waals surface area contributed by atoms with E-state index < -0.39 is 23.4 Å². The number of rotatable bonds is 3. The highest BCUT2D eigenvalue weighted by Crippen LogP contribution is 2.26. The fourth-order valence-electron chi connectivity index (χ4n) is 1.79. The summed E-state index contributed by atoms with van der Waals surface area (Å²) in [6.07, 6.45) is -0.704. The third-order valence-electron chi connectivity index (χ3n) is 2.98. The van der Waals surface area contributed by atoms with Crippen LogP contribution < -0.4 is 0 Å². The van der Waals surface area contributed by atoms with Crippen molar-refractivity contribution in [2.75, 3.05) is 6.61 Å². The molecular formula is C12H12FNO4. The van der Waals surface area contributed by atoms with Gasteiger partial charge in [-0.05, 0) is 24.6 Å². The van der Waals surface area contributed by atoms with Crippen molar-refractivity contribution in [1.82, 2.24) is 4.90 Å². The zero-order valence-electron chi connectivity index (χ0n) is 9.72. The Hall–Kier alpha value is -2.11. The van der Waals surface area contributed by atoms with Crippen LogP contribution in [0.3, 0.4) is 0 Å². The summed E-state index contributed by atoms with van der Waals surface area (Å²) in [4.78, 5) is 23.8. The molecule has 0 radical (unpaired) electrons. The fourth-order valence-corrected chi connectivity index (χ4v) is 1.79. The Bertz CT molecular complexity index is 505. The Labute approximate surface area is 103 Å². The van der Waals surface area contributed by atoms with Gasteiger partial charge in [-0.1, -0.05) is 12.1 Å². The molecule has 1 aromatic rings. The van der Waals surface area contributed by atoms with Crippen molar-refractivity contribution in [1.29, 1.82) is 0 Å². The van der Waals surface area contributed by atoms with Crippen LogP contribution in [0.2, 0.25) is 0 Å². The van der Waals surface area contributed by atoms with Crippen LogP contribution in [-0.2, 0) is 16.1 Å². The van der Waals surface area contributed by atoms with Crippen molar-refractivity contribution in [3.05, 3.63) is 35.6 Å². The molecule has 1 amide bonds. The first kappa shape index (κ1) is 12.3. The van der Waals surface area contributed by atoms with Gasteiger partial charge in [0.2, 0.25) is 0 Å². The van der Waals surface area contributed by atoms with Crippen molar-refractivity contribution >= 4 is 12.1 Å². The first-order valence-electron chi connectivity index (χ1n) is 5.36. The SMILES string of the molecule is CC1(C(=O)O)COC(=O)N1Cc1cccc(F)c1.